The van der Waals surface area contributed by atoms with Crippen LogP contribution in [0.15, 0.2) is 109 Å². The summed E-state index contributed by atoms with van der Waals surface area (Å²) < 4.78 is 7.15. The van der Waals surface area contributed by atoms with Gasteiger partial charge in [-0.2, -0.15) is 0 Å². The second kappa shape index (κ2) is 11.5. The Hall–Kier alpha value is -1.93. The SMILES string of the molecule is CC(C)(C)c1ccc2c(c1)Cc1c-2ccc(C(C)(C)C)[c]1[Zr]([C]1=CC=CC1)=[C](c1ccc(Br)cc1)c1ccc(Br)cc1. The summed E-state index contributed by atoms with van der Waals surface area (Å²) in [5.41, 5.74) is 11.8. The minimum atomic E-state index is -2.77. The maximum absolute atomic E-state index is 3.70. The van der Waals surface area contributed by atoms with E-state index in [0.717, 1.165) is 21.8 Å². The molecule has 0 fully saturated rings. The minimum absolute atomic E-state index is 0.0403. The first-order chi connectivity index (χ1) is 19.9. The summed E-state index contributed by atoms with van der Waals surface area (Å²) in [5.74, 6) is 0. The van der Waals surface area contributed by atoms with Gasteiger partial charge in [0.05, 0.1) is 0 Å². The Morgan fingerprint density at radius 2 is 1.29 bits per heavy atom. The van der Waals surface area contributed by atoms with Gasteiger partial charge in [0.25, 0.3) is 0 Å². The predicted molar refractivity (Wildman–Crippen MR) is 185 cm³/mol. The molecule has 0 nitrogen and oxygen atoms in total. The third-order valence-corrected chi connectivity index (χ3v) is 17.4. The van der Waals surface area contributed by atoms with Crippen LogP contribution >= 0.6 is 31.9 Å². The number of hydrogen-bond donors (Lipinski definition) is 0. The van der Waals surface area contributed by atoms with Crippen molar-refractivity contribution in [2.75, 3.05) is 0 Å². The summed E-state index contributed by atoms with van der Waals surface area (Å²) in [6, 6.07) is 30.3. The Bertz CT molecular complexity index is 1720. The van der Waals surface area contributed by atoms with E-state index in [1.54, 1.807) is 15.3 Å². The van der Waals surface area contributed by atoms with Crippen molar-refractivity contribution in [1.82, 2.24) is 0 Å². The number of rotatable bonds is 4. The third kappa shape index (κ3) is 5.79. The molecule has 3 heteroatoms. The average molecular weight is 758 g/mol. The van der Waals surface area contributed by atoms with Gasteiger partial charge in [-0.25, -0.2) is 0 Å². The number of benzene rings is 4. The Morgan fingerprint density at radius 1 is 0.690 bits per heavy atom. The van der Waals surface area contributed by atoms with Gasteiger partial charge in [0.1, 0.15) is 0 Å². The van der Waals surface area contributed by atoms with Gasteiger partial charge in [-0.15, -0.1) is 0 Å². The molecule has 0 bridgehead atoms. The number of fused-ring (bicyclic) bond motifs is 3. The summed E-state index contributed by atoms with van der Waals surface area (Å²) >= 11 is 4.63. The van der Waals surface area contributed by atoms with Gasteiger partial charge in [-0.05, 0) is 0 Å². The quantitative estimate of drug-likeness (QED) is 0.171. The summed E-state index contributed by atoms with van der Waals surface area (Å²) in [6.07, 6.45) is 9.19. The molecule has 6 rings (SSSR count). The van der Waals surface area contributed by atoms with Gasteiger partial charge in [0, 0.05) is 0 Å². The number of allylic oxidation sites excluding steroid dienone is 4. The van der Waals surface area contributed by atoms with Crippen molar-refractivity contribution in [3.63, 3.8) is 0 Å². The molecule has 0 radical (unpaired) electrons. The van der Waals surface area contributed by atoms with E-state index in [0.29, 0.717) is 0 Å². The Balaban J connectivity index is 1.72. The van der Waals surface area contributed by atoms with E-state index in [9.17, 15) is 0 Å². The van der Waals surface area contributed by atoms with E-state index >= 15 is 0 Å². The Labute approximate surface area is 276 Å². The van der Waals surface area contributed by atoms with Crippen molar-refractivity contribution in [3.05, 3.63) is 143 Å². The van der Waals surface area contributed by atoms with E-state index in [1.807, 2.05) is 0 Å². The van der Waals surface area contributed by atoms with Crippen molar-refractivity contribution in [2.45, 2.75) is 65.2 Å². The molecule has 42 heavy (non-hydrogen) atoms. The molecule has 4 aromatic rings. The molecule has 0 saturated heterocycles. The van der Waals surface area contributed by atoms with Crippen molar-refractivity contribution in [3.8, 4) is 11.1 Å². The van der Waals surface area contributed by atoms with Crippen LogP contribution in [-0.4, -0.2) is 3.21 Å². The summed E-state index contributed by atoms with van der Waals surface area (Å²) in [4.78, 5) is 0. The van der Waals surface area contributed by atoms with Crippen LogP contribution in [0.2, 0.25) is 0 Å². The molecule has 212 valence electrons. The molecule has 2 aliphatic rings. The fourth-order valence-electron chi connectivity index (χ4n) is 6.42. The van der Waals surface area contributed by atoms with Crippen LogP contribution in [0.1, 0.15) is 81.3 Å². The molecule has 0 saturated carbocycles. The third-order valence-electron chi connectivity index (χ3n) is 8.61. The van der Waals surface area contributed by atoms with Crippen LogP contribution in [0, 0.1) is 0 Å². The zero-order chi connectivity index (χ0) is 29.8. The summed E-state index contributed by atoms with van der Waals surface area (Å²) in [6.45, 7) is 14.2. The maximum atomic E-state index is 3.70. The topological polar surface area (TPSA) is 0 Å². The Morgan fingerprint density at radius 3 is 1.81 bits per heavy atom. The molecule has 0 amide bonds. The molecule has 0 heterocycles. The first-order valence-corrected chi connectivity index (χ1v) is 20.1. The second-order valence-electron chi connectivity index (χ2n) is 13.7. The van der Waals surface area contributed by atoms with Crippen molar-refractivity contribution in [1.29, 1.82) is 0 Å². The standard InChI is InChI=1S/C21H25.C13H8Br2.C5H5.Zr/c1-20(2,3)16-7-9-18-14(12-16)11-15-13-17(21(4,5)6)8-10-19(15)18;14-12-5-1-10(2-6-12)9-11-3-7-13(15)8-4-11;1-2-4-5-3-1;/h7-10,12H,11H2,1-6H3;1-8H;1-3H,4H2;. The van der Waals surface area contributed by atoms with Crippen LogP contribution < -0.4 is 3.27 Å². The van der Waals surface area contributed by atoms with E-state index in [2.05, 4.69) is 170 Å². The normalized spacial score (nSPS) is 14.0. The molecule has 0 N–H and O–H groups in total. The first kappa shape index (κ1) is 30.1. The van der Waals surface area contributed by atoms with Crippen molar-refractivity contribution < 1.29 is 21.3 Å². The summed E-state index contributed by atoms with van der Waals surface area (Å²) in [5, 5.41) is 0. The van der Waals surface area contributed by atoms with E-state index in [1.165, 1.54) is 38.9 Å². The van der Waals surface area contributed by atoms with Crippen molar-refractivity contribution in [2.24, 2.45) is 0 Å². The molecular formula is C39H38Br2Zr. The van der Waals surface area contributed by atoms with Gasteiger partial charge in [0.15, 0.2) is 0 Å². The van der Waals surface area contributed by atoms with Gasteiger partial charge in [-0.3, -0.25) is 0 Å². The van der Waals surface area contributed by atoms with Crippen molar-refractivity contribution >= 4 is 38.3 Å². The van der Waals surface area contributed by atoms with E-state index in [-0.39, 0.29) is 10.8 Å². The first-order valence-electron chi connectivity index (χ1n) is 14.8. The molecule has 4 aromatic carbocycles. The number of halogens is 2. The molecular weight excluding hydrogens is 719 g/mol. The molecule has 0 aromatic heterocycles. The fourth-order valence-corrected chi connectivity index (χ4v) is 15.9. The van der Waals surface area contributed by atoms with Crippen LogP contribution in [-0.2, 0) is 38.5 Å². The number of hydrogen-bond acceptors (Lipinski definition) is 0. The molecule has 0 unspecified atom stereocenters. The second-order valence-corrected chi connectivity index (χ2v) is 21.4. The predicted octanol–water partition coefficient (Wildman–Crippen LogP) is 10.7. The van der Waals surface area contributed by atoms with E-state index in [4.69, 9.17) is 0 Å². The molecule has 0 spiro atoms. The monoisotopic (exact) mass is 754 g/mol. The van der Waals surface area contributed by atoms with Crippen LogP contribution in [0.5, 0.6) is 0 Å². The molecule has 2 aliphatic carbocycles. The van der Waals surface area contributed by atoms with Gasteiger partial charge >= 0.3 is 279 Å². The van der Waals surface area contributed by atoms with Gasteiger partial charge < -0.3 is 0 Å². The van der Waals surface area contributed by atoms with Gasteiger partial charge in [0.2, 0.25) is 0 Å². The zero-order valence-electron chi connectivity index (χ0n) is 25.4. The summed E-state index contributed by atoms with van der Waals surface area (Å²) in [7, 11) is 0. The van der Waals surface area contributed by atoms with Gasteiger partial charge in [-0.1, -0.05) is 0 Å². The zero-order valence-corrected chi connectivity index (χ0v) is 31.0. The van der Waals surface area contributed by atoms with Crippen LogP contribution in [0.3, 0.4) is 0 Å². The van der Waals surface area contributed by atoms with E-state index < -0.39 is 21.3 Å². The average Bonchev–Trinajstić information content (AvgIpc) is 3.59. The van der Waals surface area contributed by atoms with Crippen LogP contribution in [0.25, 0.3) is 11.1 Å². The Kier molecular flexibility index (Phi) is 8.27. The molecule has 0 atom stereocenters. The van der Waals surface area contributed by atoms with Crippen LogP contribution in [0.4, 0.5) is 0 Å². The molecule has 0 aliphatic heterocycles. The fraction of sp³-hybridized carbons (Fsp3) is 0.256.